The Morgan fingerprint density at radius 1 is 1.30 bits per heavy atom. The molecule has 7 nitrogen and oxygen atoms in total. The molecule has 3 aliphatic rings. The minimum absolute atomic E-state index is 0.0861. The van der Waals surface area contributed by atoms with E-state index in [1.807, 2.05) is 25.1 Å². The Bertz CT molecular complexity index is 869. The summed E-state index contributed by atoms with van der Waals surface area (Å²) in [6.07, 6.45) is 1.18. The molecule has 0 N–H and O–H groups in total. The van der Waals surface area contributed by atoms with Crippen molar-refractivity contribution in [3.63, 3.8) is 0 Å². The Labute approximate surface area is 162 Å². The average Bonchev–Trinajstić information content (AvgIpc) is 3.28. The summed E-state index contributed by atoms with van der Waals surface area (Å²) in [5, 5.41) is 9.12. The smallest absolute Gasteiger partial charge is 0.260 e. The maximum atomic E-state index is 13.4. The fraction of sp³-hybridized carbons (Fsp3) is 0.526. The highest BCUT2D eigenvalue weighted by Gasteiger charge is 2.72. The van der Waals surface area contributed by atoms with E-state index in [4.69, 9.17) is 14.7 Å². The molecule has 3 atom stereocenters. The highest BCUT2D eigenvalue weighted by molar-refractivity contribution is 8.04. The van der Waals surface area contributed by atoms with Crippen molar-refractivity contribution in [1.82, 2.24) is 9.80 Å². The predicted octanol–water partition coefficient (Wildman–Crippen LogP) is 2.63. The number of likely N-dealkylation sites (N-methyl/N-ethyl adjacent to an activating group) is 1. The lowest BCUT2D eigenvalue weighted by Crippen LogP contribution is -2.63. The van der Waals surface area contributed by atoms with Gasteiger partial charge in [-0.2, -0.15) is 5.26 Å². The number of fused-ring (bicyclic) bond motifs is 3. The van der Waals surface area contributed by atoms with Gasteiger partial charge in [0.15, 0.2) is 21.2 Å². The second kappa shape index (κ2) is 6.06. The monoisotopic (exact) mass is 387 g/mol. The number of amides is 2. The van der Waals surface area contributed by atoms with Crippen LogP contribution in [0.4, 0.5) is 0 Å². The van der Waals surface area contributed by atoms with Crippen LogP contribution >= 0.6 is 11.8 Å². The molecule has 1 aromatic rings. The van der Waals surface area contributed by atoms with E-state index in [0.717, 1.165) is 5.56 Å². The van der Waals surface area contributed by atoms with Gasteiger partial charge in [0.1, 0.15) is 0 Å². The van der Waals surface area contributed by atoms with Gasteiger partial charge in [-0.3, -0.25) is 9.59 Å². The van der Waals surface area contributed by atoms with Gasteiger partial charge in [-0.25, -0.2) is 0 Å². The number of nitrogens with zero attached hydrogens (tertiary/aromatic N) is 3. The second-order valence-corrected chi connectivity index (χ2v) is 8.78. The lowest BCUT2D eigenvalue weighted by Gasteiger charge is -2.44. The van der Waals surface area contributed by atoms with E-state index < -0.39 is 9.74 Å². The lowest BCUT2D eigenvalue weighted by atomic mass is 9.94. The lowest BCUT2D eigenvalue weighted by molar-refractivity contribution is -0.162. The zero-order valence-electron chi connectivity index (χ0n) is 15.5. The third-order valence-electron chi connectivity index (χ3n) is 5.71. The van der Waals surface area contributed by atoms with Crippen molar-refractivity contribution < 1.29 is 19.1 Å². The van der Waals surface area contributed by atoms with Crippen molar-refractivity contribution in [2.75, 3.05) is 13.8 Å². The zero-order valence-corrected chi connectivity index (χ0v) is 16.3. The highest BCUT2D eigenvalue weighted by Crippen LogP contribution is 2.61. The van der Waals surface area contributed by atoms with Crippen LogP contribution in [-0.4, -0.2) is 45.2 Å². The zero-order chi connectivity index (χ0) is 19.4. The molecule has 1 aromatic carbocycles. The Morgan fingerprint density at radius 3 is 2.74 bits per heavy atom. The number of carbonyl (C=O) groups is 2. The number of ether oxygens (including phenoxy) is 2. The molecule has 3 heterocycles. The summed E-state index contributed by atoms with van der Waals surface area (Å²) in [6, 6.07) is 7.49. The van der Waals surface area contributed by atoms with E-state index in [9.17, 15) is 9.59 Å². The molecule has 2 bridgehead atoms. The first-order valence-electron chi connectivity index (χ1n) is 8.97. The van der Waals surface area contributed by atoms with Gasteiger partial charge in [0.25, 0.3) is 11.8 Å². The Morgan fingerprint density at radius 2 is 2.04 bits per heavy atom. The highest BCUT2D eigenvalue weighted by atomic mass is 32.2. The van der Waals surface area contributed by atoms with Crippen molar-refractivity contribution in [2.24, 2.45) is 0 Å². The molecule has 2 fully saturated rings. The molecule has 8 heteroatoms. The van der Waals surface area contributed by atoms with Gasteiger partial charge >= 0.3 is 0 Å². The van der Waals surface area contributed by atoms with Gasteiger partial charge in [-0.05, 0) is 31.0 Å². The SMILES string of the molecule is CC[C@H](c1ccc2c(c1)OCO2)N1C(=O)[C@]2(C)S[C@@]1(CCC#N)C(=O)N2C. The molecular formula is C19H21N3O4S. The van der Waals surface area contributed by atoms with Crippen molar-refractivity contribution in [3.05, 3.63) is 23.8 Å². The first kappa shape index (κ1) is 18.0. The summed E-state index contributed by atoms with van der Waals surface area (Å²) in [7, 11) is 1.67. The molecule has 3 aliphatic heterocycles. The van der Waals surface area contributed by atoms with Crippen LogP contribution in [0, 0.1) is 11.3 Å². The molecule has 27 heavy (non-hydrogen) atoms. The molecule has 0 aliphatic carbocycles. The topological polar surface area (TPSA) is 82.9 Å². The third kappa shape index (κ3) is 2.27. The number of hydrogen-bond acceptors (Lipinski definition) is 6. The second-order valence-electron chi connectivity index (χ2n) is 7.10. The predicted molar refractivity (Wildman–Crippen MR) is 98.8 cm³/mol. The molecule has 142 valence electrons. The van der Waals surface area contributed by atoms with Crippen molar-refractivity contribution >= 4 is 23.6 Å². The fourth-order valence-electron chi connectivity index (χ4n) is 4.21. The Kier molecular flexibility index (Phi) is 4.04. The van der Waals surface area contributed by atoms with E-state index in [-0.39, 0.29) is 31.1 Å². The average molecular weight is 387 g/mol. The summed E-state index contributed by atoms with van der Waals surface area (Å²) in [5.74, 6) is 1.14. The van der Waals surface area contributed by atoms with Crippen LogP contribution in [0.15, 0.2) is 18.2 Å². The van der Waals surface area contributed by atoms with E-state index in [2.05, 4.69) is 6.07 Å². The molecule has 0 spiro atoms. The molecule has 2 saturated heterocycles. The van der Waals surface area contributed by atoms with Crippen LogP contribution in [0.2, 0.25) is 0 Å². The van der Waals surface area contributed by atoms with Crippen LogP contribution < -0.4 is 9.47 Å². The minimum Gasteiger partial charge on any atom is -0.454 e. The van der Waals surface area contributed by atoms with Gasteiger partial charge in [0.05, 0.1) is 12.1 Å². The summed E-state index contributed by atoms with van der Waals surface area (Å²) in [6.45, 7) is 3.97. The normalized spacial score (nSPS) is 29.4. The van der Waals surface area contributed by atoms with Crippen molar-refractivity contribution in [3.8, 4) is 17.6 Å². The molecular weight excluding hydrogens is 366 g/mol. The van der Waals surface area contributed by atoms with Crippen LogP contribution in [0.1, 0.15) is 44.7 Å². The maximum absolute atomic E-state index is 13.4. The number of rotatable bonds is 5. The summed E-state index contributed by atoms with van der Waals surface area (Å²) >= 11 is 1.36. The van der Waals surface area contributed by atoms with Gasteiger partial charge in [0.2, 0.25) is 6.79 Å². The number of benzene rings is 1. The molecule has 0 saturated carbocycles. The van der Waals surface area contributed by atoms with Crippen molar-refractivity contribution in [1.29, 1.82) is 5.26 Å². The van der Waals surface area contributed by atoms with Gasteiger partial charge in [0, 0.05) is 19.9 Å². The van der Waals surface area contributed by atoms with Crippen LogP contribution in [0.25, 0.3) is 0 Å². The summed E-state index contributed by atoms with van der Waals surface area (Å²) < 4.78 is 10.9. The van der Waals surface area contributed by atoms with Gasteiger partial charge in [-0.1, -0.05) is 24.8 Å². The largest absolute Gasteiger partial charge is 0.454 e. The summed E-state index contributed by atoms with van der Waals surface area (Å²) in [5.41, 5.74) is 0.902. The molecule has 0 aromatic heterocycles. The fourth-order valence-corrected chi connectivity index (χ4v) is 6.01. The number of hydrogen-bond donors (Lipinski definition) is 0. The third-order valence-corrected chi connectivity index (χ3v) is 7.47. The van der Waals surface area contributed by atoms with Crippen molar-refractivity contribution in [2.45, 2.75) is 48.9 Å². The van der Waals surface area contributed by atoms with Gasteiger partial charge < -0.3 is 19.3 Å². The van der Waals surface area contributed by atoms with Crippen LogP contribution in [0.5, 0.6) is 11.5 Å². The molecule has 0 radical (unpaired) electrons. The Balaban J connectivity index is 1.79. The number of piperazine rings is 1. The standard InChI is InChI=1S/C19H21N3O4S/c1-4-13(12-6-7-14-15(10-12)26-11-25-14)22-16(23)18(2)21(3)17(24)19(22,27-18)8-5-9-20/h6-7,10,13H,4-5,8,11H2,1-3H3/t13-,18+,19+/m1/s1. The Hall–Kier alpha value is -2.40. The summed E-state index contributed by atoms with van der Waals surface area (Å²) in [4.78, 5) is 27.8. The number of carbonyl (C=O) groups excluding carboxylic acids is 2. The van der Waals surface area contributed by atoms with E-state index in [0.29, 0.717) is 24.3 Å². The first-order chi connectivity index (χ1) is 12.9. The first-order valence-corrected chi connectivity index (χ1v) is 9.79. The molecule has 2 amide bonds. The van der Waals surface area contributed by atoms with Gasteiger partial charge in [-0.15, -0.1) is 0 Å². The van der Waals surface area contributed by atoms with E-state index >= 15 is 0 Å². The number of thioether (sulfide) groups is 1. The maximum Gasteiger partial charge on any atom is 0.260 e. The number of nitriles is 1. The minimum atomic E-state index is -1.03. The molecule has 4 rings (SSSR count). The molecule has 0 unspecified atom stereocenters. The van der Waals surface area contributed by atoms with Crippen LogP contribution in [0.3, 0.4) is 0 Å². The van der Waals surface area contributed by atoms with E-state index in [1.165, 1.54) is 16.7 Å². The van der Waals surface area contributed by atoms with E-state index in [1.54, 1.807) is 18.9 Å². The quantitative estimate of drug-likeness (QED) is 0.772. The van der Waals surface area contributed by atoms with Crippen LogP contribution in [-0.2, 0) is 9.59 Å².